The van der Waals surface area contributed by atoms with Gasteiger partial charge in [-0.2, -0.15) is 0 Å². The molecule has 0 aliphatic rings. The molecule has 98 valence electrons. The molecule has 0 N–H and O–H groups in total. The van der Waals surface area contributed by atoms with Crippen LogP contribution in [0.15, 0.2) is 59.3 Å². The fraction of sp³-hybridized carbons (Fsp3) is 0. The van der Waals surface area contributed by atoms with Crippen LogP contribution in [0.5, 0.6) is 0 Å². The number of hydrogen-bond acceptors (Lipinski definition) is 2. The van der Waals surface area contributed by atoms with Gasteiger partial charge in [0.2, 0.25) is 0 Å². The van der Waals surface area contributed by atoms with Crippen LogP contribution in [0.3, 0.4) is 0 Å². The van der Waals surface area contributed by atoms with Gasteiger partial charge in [0.05, 0.1) is 5.02 Å². The van der Waals surface area contributed by atoms with Crippen molar-refractivity contribution in [2.24, 2.45) is 0 Å². The molecule has 20 heavy (non-hydrogen) atoms. The Balaban J connectivity index is 2.21. The van der Waals surface area contributed by atoms with Crippen molar-refractivity contribution in [1.29, 1.82) is 0 Å². The molecule has 0 saturated carbocycles. The first-order valence-corrected chi connectivity index (χ1v) is 7.17. The Labute approximate surface area is 129 Å². The van der Waals surface area contributed by atoms with E-state index in [2.05, 4.69) is 20.9 Å². The van der Waals surface area contributed by atoms with Crippen molar-refractivity contribution in [2.45, 2.75) is 0 Å². The van der Waals surface area contributed by atoms with E-state index in [1.165, 1.54) is 0 Å². The molecule has 0 radical (unpaired) electrons. The summed E-state index contributed by atoms with van der Waals surface area (Å²) in [5.74, 6) is -0.124. The van der Waals surface area contributed by atoms with Crippen molar-refractivity contribution in [1.82, 2.24) is 4.98 Å². The van der Waals surface area contributed by atoms with Gasteiger partial charge < -0.3 is 0 Å². The second kappa shape index (κ2) is 5.35. The predicted octanol–water partition coefficient (Wildman–Crippen LogP) is 4.88. The van der Waals surface area contributed by atoms with Crippen LogP contribution in [0.2, 0.25) is 5.02 Å². The number of fused-ring (bicyclic) bond motifs is 1. The van der Waals surface area contributed by atoms with Gasteiger partial charge in [-0.1, -0.05) is 41.9 Å². The summed E-state index contributed by atoms with van der Waals surface area (Å²) in [5.41, 5.74) is 1.03. The first kappa shape index (κ1) is 13.3. The number of ketones is 1. The molecule has 3 rings (SSSR count). The monoisotopic (exact) mass is 345 g/mol. The van der Waals surface area contributed by atoms with E-state index in [1.807, 2.05) is 24.3 Å². The van der Waals surface area contributed by atoms with E-state index >= 15 is 0 Å². The van der Waals surface area contributed by atoms with Crippen molar-refractivity contribution in [3.05, 3.63) is 75.5 Å². The minimum atomic E-state index is -0.124. The second-order valence-corrected chi connectivity index (χ2v) is 5.57. The number of carbonyl (C=O) groups is 1. The van der Waals surface area contributed by atoms with Crippen LogP contribution < -0.4 is 0 Å². The molecule has 2 nitrogen and oxygen atoms in total. The lowest BCUT2D eigenvalue weighted by atomic mass is 10.00. The standard InChI is InChI=1S/C16H9BrClNO/c17-14-7-3-6-12(15(14)18)16(20)13-9-19-8-10-4-1-2-5-11(10)13/h1-9H. The zero-order valence-corrected chi connectivity index (χ0v) is 12.6. The van der Waals surface area contributed by atoms with Crippen LogP contribution >= 0.6 is 27.5 Å². The quantitative estimate of drug-likeness (QED) is 0.619. The van der Waals surface area contributed by atoms with Crippen LogP contribution in [0.1, 0.15) is 15.9 Å². The summed E-state index contributed by atoms with van der Waals surface area (Å²) in [7, 11) is 0. The van der Waals surface area contributed by atoms with Gasteiger partial charge in [-0.25, -0.2) is 0 Å². The van der Waals surface area contributed by atoms with Gasteiger partial charge in [0.25, 0.3) is 0 Å². The lowest BCUT2D eigenvalue weighted by Gasteiger charge is -2.07. The maximum absolute atomic E-state index is 12.7. The molecule has 0 unspecified atom stereocenters. The summed E-state index contributed by atoms with van der Waals surface area (Å²) in [6.45, 7) is 0. The molecule has 0 amide bonds. The second-order valence-electron chi connectivity index (χ2n) is 4.34. The molecular formula is C16H9BrClNO. The van der Waals surface area contributed by atoms with E-state index < -0.39 is 0 Å². The van der Waals surface area contributed by atoms with E-state index in [0.717, 1.165) is 10.8 Å². The number of rotatable bonds is 2. The average Bonchev–Trinajstić information content (AvgIpc) is 2.49. The summed E-state index contributed by atoms with van der Waals surface area (Å²) < 4.78 is 0.707. The third-order valence-electron chi connectivity index (χ3n) is 3.11. The highest BCUT2D eigenvalue weighted by atomic mass is 79.9. The van der Waals surface area contributed by atoms with E-state index in [9.17, 15) is 4.79 Å². The minimum Gasteiger partial charge on any atom is -0.288 e. The van der Waals surface area contributed by atoms with E-state index in [4.69, 9.17) is 11.6 Å². The number of aromatic nitrogens is 1. The topological polar surface area (TPSA) is 30.0 Å². The van der Waals surface area contributed by atoms with Crippen molar-refractivity contribution < 1.29 is 4.79 Å². The summed E-state index contributed by atoms with van der Waals surface area (Å²) in [6.07, 6.45) is 3.33. The number of carbonyl (C=O) groups excluding carboxylic acids is 1. The van der Waals surface area contributed by atoms with Gasteiger partial charge in [0, 0.05) is 33.4 Å². The lowest BCUT2D eigenvalue weighted by Crippen LogP contribution is -2.04. The van der Waals surface area contributed by atoms with E-state index in [0.29, 0.717) is 20.6 Å². The summed E-state index contributed by atoms with van der Waals surface area (Å²) >= 11 is 9.54. The van der Waals surface area contributed by atoms with Gasteiger partial charge in [-0.05, 0) is 33.4 Å². The van der Waals surface area contributed by atoms with Crippen LogP contribution in [-0.4, -0.2) is 10.8 Å². The van der Waals surface area contributed by atoms with Crippen molar-refractivity contribution in [3.63, 3.8) is 0 Å². The Hall–Kier alpha value is -1.71. The Bertz CT molecular complexity index is 811. The zero-order chi connectivity index (χ0) is 14.1. The maximum atomic E-state index is 12.7. The molecule has 3 aromatic rings. The molecule has 0 atom stereocenters. The molecule has 0 aliphatic heterocycles. The third kappa shape index (κ3) is 2.23. The highest BCUT2D eigenvalue weighted by Crippen LogP contribution is 2.29. The average molecular weight is 347 g/mol. The van der Waals surface area contributed by atoms with Gasteiger partial charge in [-0.3, -0.25) is 9.78 Å². The Morgan fingerprint density at radius 3 is 2.65 bits per heavy atom. The van der Waals surface area contributed by atoms with Crippen LogP contribution in [0.4, 0.5) is 0 Å². The highest BCUT2D eigenvalue weighted by molar-refractivity contribution is 9.10. The van der Waals surface area contributed by atoms with Gasteiger partial charge in [-0.15, -0.1) is 0 Å². The zero-order valence-electron chi connectivity index (χ0n) is 10.3. The fourth-order valence-corrected chi connectivity index (χ4v) is 2.70. The van der Waals surface area contributed by atoms with Crippen LogP contribution in [0.25, 0.3) is 10.8 Å². The molecule has 4 heteroatoms. The fourth-order valence-electron chi connectivity index (χ4n) is 2.12. The third-order valence-corrected chi connectivity index (χ3v) is 4.41. The summed E-state index contributed by atoms with van der Waals surface area (Å²) in [4.78, 5) is 16.8. The van der Waals surface area contributed by atoms with E-state index in [-0.39, 0.29) is 5.78 Å². The van der Waals surface area contributed by atoms with Crippen molar-refractivity contribution in [3.8, 4) is 0 Å². The first-order valence-electron chi connectivity index (χ1n) is 6.00. The van der Waals surface area contributed by atoms with Crippen molar-refractivity contribution >= 4 is 44.1 Å². The Morgan fingerprint density at radius 1 is 1.00 bits per heavy atom. The first-order chi connectivity index (χ1) is 9.68. The molecule has 0 spiro atoms. The van der Waals surface area contributed by atoms with E-state index in [1.54, 1.807) is 30.6 Å². The molecule has 2 aromatic carbocycles. The lowest BCUT2D eigenvalue weighted by molar-refractivity contribution is 0.104. The Kier molecular flexibility index (Phi) is 3.55. The smallest absolute Gasteiger partial charge is 0.196 e. The number of nitrogens with zero attached hydrogens (tertiary/aromatic N) is 1. The summed E-state index contributed by atoms with van der Waals surface area (Å²) in [6, 6.07) is 13.0. The highest BCUT2D eigenvalue weighted by Gasteiger charge is 2.16. The number of pyridine rings is 1. The molecule has 0 saturated heterocycles. The normalized spacial score (nSPS) is 10.7. The van der Waals surface area contributed by atoms with Crippen LogP contribution in [-0.2, 0) is 0 Å². The molecule has 1 heterocycles. The predicted molar refractivity (Wildman–Crippen MR) is 84.3 cm³/mol. The SMILES string of the molecule is O=C(c1cccc(Br)c1Cl)c1cncc2ccccc12. The summed E-state index contributed by atoms with van der Waals surface area (Å²) in [5, 5.41) is 2.23. The maximum Gasteiger partial charge on any atom is 0.196 e. The molecule has 0 aliphatic carbocycles. The van der Waals surface area contributed by atoms with Gasteiger partial charge in [0.15, 0.2) is 5.78 Å². The number of halogens is 2. The molecule has 0 bridgehead atoms. The number of hydrogen-bond donors (Lipinski definition) is 0. The number of benzene rings is 2. The minimum absolute atomic E-state index is 0.124. The van der Waals surface area contributed by atoms with Crippen molar-refractivity contribution in [2.75, 3.05) is 0 Å². The van der Waals surface area contributed by atoms with Gasteiger partial charge in [0.1, 0.15) is 0 Å². The largest absolute Gasteiger partial charge is 0.288 e. The Morgan fingerprint density at radius 2 is 1.80 bits per heavy atom. The molecule has 0 fully saturated rings. The molecule has 1 aromatic heterocycles. The van der Waals surface area contributed by atoms with Crippen LogP contribution in [0, 0.1) is 0 Å². The molecular weight excluding hydrogens is 338 g/mol. The van der Waals surface area contributed by atoms with Gasteiger partial charge >= 0.3 is 0 Å².